The summed E-state index contributed by atoms with van der Waals surface area (Å²) in [7, 11) is 0. The maximum absolute atomic E-state index is 11.7. The standard InChI is InChI=1S/C12H20BrNO3/c1-12(2,3)17-11(15)14-9-5-8(13)10-4-7(9)6-16-10/h7-10H,4-6H2,1-3H3,(H,14,15). The minimum absolute atomic E-state index is 0.160. The highest BCUT2D eigenvalue weighted by atomic mass is 79.9. The van der Waals surface area contributed by atoms with Crippen LogP contribution in [0.2, 0.25) is 0 Å². The van der Waals surface area contributed by atoms with Crippen LogP contribution in [-0.2, 0) is 9.47 Å². The smallest absolute Gasteiger partial charge is 0.407 e. The van der Waals surface area contributed by atoms with E-state index in [1.54, 1.807) is 0 Å². The molecule has 1 saturated carbocycles. The van der Waals surface area contributed by atoms with Crippen molar-refractivity contribution in [2.75, 3.05) is 6.61 Å². The van der Waals surface area contributed by atoms with Crippen LogP contribution in [0.4, 0.5) is 4.79 Å². The second-order valence-electron chi connectivity index (χ2n) is 5.87. The third kappa shape index (κ3) is 3.35. The molecule has 0 spiro atoms. The molecule has 4 nitrogen and oxygen atoms in total. The lowest BCUT2D eigenvalue weighted by atomic mass is 9.86. The summed E-state index contributed by atoms with van der Waals surface area (Å²) in [4.78, 5) is 12.1. The number of nitrogens with one attached hydrogen (secondary N) is 1. The third-order valence-electron chi connectivity index (χ3n) is 3.21. The van der Waals surface area contributed by atoms with Crippen LogP contribution in [0.1, 0.15) is 33.6 Å². The van der Waals surface area contributed by atoms with Gasteiger partial charge in [0.15, 0.2) is 0 Å². The summed E-state index contributed by atoms with van der Waals surface area (Å²) in [6.45, 7) is 6.35. The van der Waals surface area contributed by atoms with Crippen molar-refractivity contribution >= 4 is 22.0 Å². The largest absolute Gasteiger partial charge is 0.444 e. The Kier molecular flexibility index (Phi) is 3.69. The zero-order valence-electron chi connectivity index (χ0n) is 10.5. The van der Waals surface area contributed by atoms with Gasteiger partial charge >= 0.3 is 6.09 Å². The molecule has 0 aromatic rings. The summed E-state index contributed by atoms with van der Waals surface area (Å²) < 4.78 is 10.9. The van der Waals surface area contributed by atoms with E-state index in [4.69, 9.17) is 9.47 Å². The first-order valence-electron chi connectivity index (χ1n) is 6.10. The molecule has 98 valence electrons. The molecule has 0 radical (unpaired) electrons. The first kappa shape index (κ1) is 13.1. The number of alkyl carbamates (subject to hydrolysis) is 1. The zero-order chi connectivity index (χ0) is 12.6. The Morgan fingerprint density at radius 2 is 2.12 bits per heavy atom. The Morgan fingerprint density at radius 1 is 1.41 bits per heavy atom. The third-order valence-corrected chi connectivity index (χ3v) is 4.18. The topological polar surface area (TPSA) is 47.6 Å². The average molecular weight is 306 g/mol. The van der Waals surface area contributed by atoms with E-state index < -0.39 is 5.60 Å². The van der Waals surface area contributed by atoms with Gasteiger partial charge in [-0.1, -0.05) is 15.9 Å². The van der Waals surface area contributed by atoms with E-state index in [2.05, 4.69) is 21.2 Å². The van der Waals surface area contributed by atoms with Crippen molar-refractivity contribution in [3.63, 3.8) is 0 Å². The van der Waals surface area contributed by atoms with Gasteiger partial charge in [0.25, 0.3) is 0 Å². The SMILES string of the molecule is CC(C)(C)OC(=O)NC1CC(Br)C2CC1CO2. The number of amides is 1. The van der Waals surface area contributed by atoms with E-state index in [0.29, 0.717) is 16.8 Å². The lowest BCUT2D eigenvalue weighted by molar-refractivity contribution is 0.0479. The molecule has 5 heteroatoms. The minimum atomic E-state index is -0.443. The van der Waals surface area contributed by atoms with E-state index in [1.165, 1.54) is 0 Å². The number of carbonyl (C=O) groups excluding carboxylic acids is 1. The van der Waals surface area contributed by atoms with Crippen LogP contribution in [0.3, 0.4) is 0 Å². The van der Waals surface area contributed by atoms with Crippen LogP contribution in [0.5, 0.6) is 0 Å². The fraction of sp³-hybridized carbons (Fsp3) is 0.917. The van der Waals surface area contributed by atoms with Crippen LogP contribution in [0, 0.1) is 5.92 Å². The number of fused-ring (bicyclic) bond motifs is 2. The van der Waals surface area contributed by atoms with Gasteiger partial charge in [-0.2, -0.15) is 0 Å². The van der Waals surface area contributed by atoms with Crippen LogP contribution in [0.15, 0.2) is 0 Å². The quantitative estimate of drug-likeness (QED) is 0.757. The number of halogens is 1. The van der Waals surface area contributed by atoms with Gasteiger partial charge in [-0.3, -0.25) is 0 Å². The number of ether oxygens (including phenoxy) is 2. The molecular weight excluding hydrogens is 286 g/mol. The normalized spacial score (nSPS) is 36.7. The van der Waals surface area contributed by atoms with Crippen molar-refractivity contribution in [3.8, 4) is 0 Å². The van der Waals surface area contributed by atoms with E-state index in [0.717, 1.165) is 19.4 Å². The molecule has 2 fully saturated rings. The van der Waals surface area contributed by atoms with Crippen LogP contribution in [-0.4, -0.2) is 35.3 Å². The maximum Gasteiger partial charge on any atom is 0.407 e. The van der Waals surface area contributed by atoms with Crippen molar-refractivity contribution in [1.82, 2.24) is 5.32 Å². The zero-order valence-corrected chi connectivity index (χ0v) is 12.1. The van der Waals surface area contributed by atoms with Gasteiger partial charge in [0, 0.05) is 16.8 Å². The summed E-state index contributed by atoms with van der Waals surface area (Å²) in [5.41, 5.74) is -0.443. The lowest BCUT2D eigenvalue weighted by Crippen LogP contribution is -2.47. The fourth-order valence-corrected chi connectivity index (χ4v) is 3.21. The molecule has 1 aliphatic carbocycles. The molecular formula is C12H20BrNO3. The van der Waals surface area contributed by atoms with Crippen molar-refractivity contribution in [2.24, 2.45) is 5.92 Å². The summed E-state index contributed by atoms with van der Waals surface area (Å²) in [5, 5.41) is 2.96. The van der Waals surface area contributed by atoms with E-state index in [1.807, 2.05) is 20.8 Å². The maximum atomic E-state index is 11.7. The Balaban J connectivity index is 1.88. The second-order valence-corrected chi connectivity index (χ2v) is 7.05. The summed E-state index contributed by atoms with van der Waals surface area (Å²) in [6.07, 6.45) is 1.93. The van der Waals surface area contributed by atoms with Gasteiger partial charge in [-0.25, -0.2) is 4.79 Å². The predicted molar refractivity (Wildman–Crippen MR) is 68.3 cm³/mol. The molecule has 2 rings (SSSR count). The molecule has 17 heavy (non-hydrogen) atoms. The minimum Gasteiger partial charge on any atom is -0.444 e. The lowest BCUT2D eigenvalue weighted by Gasteiger charge is -2.31. The first-order valence-corrected chi connectivity index (χ1v) is 7.02. The monoisotopic (exact) mass is 305 g/mol. The highest BCUT2D eigenvalue weighted by molar-refractivity contribution is 9.09. The van der Waals surface area contributed by atoms with E-state index in [9.17, 15) is 4.79 Å². The van der Waals surface area contributed by atoms with Gasteiger partial charge in [0.2, 0.25) is 0 Å². The van der Waals surface area contributed by atoms with Gasteiger partial charge in [0.1, 0.15) is 5.60 Å². The van der Waals surface area contributed by atoms with Gasteiger partial charge in [-0.05, 0) is 33.6 Å². The Morgan fingerprint density at radius 3 is 2.76 bits per heavy atom. The van der Waals surface area contributed by atoms with Crippen LogP contribution < -0.4 is 5.32 Å². The number of alkyl halides is 1. The van der Waals surface area contributed by atoms with Crippen LogP contribution >= 0.6 is 15.9 Å². The fourth-order valence-electron chi connectivity index (χ4n) is 2.44. The molecule has 1 heterocycles. The number of hydrogen-bond donors (Lipinski definition) is 1. The predicted octanol–water partition coefficient (Wildman–Crippen LogP) is 2.45. The molecule has 1 aliphatic heterocycles. The van der Waals surface area contributed by atoms with Crippen molar-refractivity contribution in [2.45, 2.75) is 56.2 Å². The highest BCUT2D eigenvalue weighted by Crippen LogP contribution is 2.37. The Bertz CT molecular complexity index is 303. The number of hydrogen-bond acceptors (Lipinski definition) is 3. The molecule has 2 aliphatic rings. The molecule has 1 N–H and O–H groups in total. The Hall–Kier alpha value is -0.290. The molecule has 4 unspecified atom stereocenters. The molecule has 0 aromatic carbocycles. The van der Waals surface area contributed by atoms with Crippen molar-refractivity contribution < 1.29 is 14.3 Å². The highest BCUT2D eigenvalue weighted by Gasteiger charge is 2.42. The summed E-state index contributed by atoms with van der Waals surface area (Å²) in [6, 6.07) is 0.160. The van der Waals surface area contributed by atoms with Gasteiger partial charge in [0.05, 0.1) is 12.7 Å². The Labute approximate surface area is 111 Å². The first-order chi connectivity index (χ1) is 7.85. The average Bonchev–Trinajstić information content (AvgIpc) is 2.56. The van der Waals surface area contributed by atoms with E-state index in [-0.39, 0.29) is 12.1 Å². The van der Waals surface area contributed by atoms with Gasteiger partial charge < -0.3 is 14.8 Å². The van der Waals surface area contributed by atoms with Crippen molar-refractivity contribution in [3.05, 3.63) is 0 Å². The molecule has 0 aromatic heterocycles. The molecule has 1 saturated heterocycles. The summed E-state index contributed by atoms with van der Waals surface area (Å²) >= 11 is 3.62. The molecule has 2 bridgehead atoms. The number of carbonyl (C=O) groups is 1. The second kappa shape index (κ2) is 4.76. The number of rotatable bonds is 1. The van der Waals surface area contributed by atoms with E-state index >= 15 is 0 Å². The van der Waals surface area contributed by atoms with Crippen molar-refractivity contribution in [1.29, 1.82) is 0 Å². The molecule has 1 amide bonds. The molecule has 4 atom stereocenters. The summed E-state index contributed by atoms with van der Waals surface area (Å²) in [5.74, 6) is 0.432. The van der Waals surface area contributed by atoms with Gasteiger partial charge in [-0.15, -0.1) is 0 Å². The van der Waals surface area contributed by atoms with Crippen LogP contribution in [0.25, 0.3) is 0 Å².